The summed E-state index contributed by atoms with van der Waals surface area (Å²) in [6, 6.07) is 10.4. The molecule has 1 amide bonds. The van der Waals surface area contributed by atoms with Gasteiger partial charge in [-0.15, -0.1) is 12.4 Å². The summed E-state index contributed by atoms with van der Waals surface area (Å²) in [4.78, 5) is 14.9. The largest absolute Gasteiger partial charge is 0.342 e. The molecule has 2 N–H and O–H groups in total. The van der Waals surface area contributed by atoms with Crippen molar-refractivity contribution in [3.05, 3.63) is 35.9 Å². The minimum absolute atomic E-state index is 0. The predicted molar refractivity (Wildman–Crippen MR) is 89.7 cm³/mol. The second-order valence-corrected chi connectivity index (χ2v) is 5.94. The number of nitrogens with zero attached hydrogens (tertiary/aromatic N) is 1. The molecule has 1 fully saturated rings. The molecule has 0 saturated carbocycles. The minimum atomic E-state index is -0.0180. The van der Waals surface area contributed by atoms with Gasteiger partial charge in [0.05, 0.1) is 5.92 Å². The Balaban J connectivity index is 0.00000220. The third-order valence-electron chi connectivity index (χ3n) is 4.49. The van der Waals surface area contributed by atoms with Crippen molar-refractivity contribution in [3.8, 4) is 0 Å². The lowest BCUT2D eigenvalue weighted by Gasteiger charge is -2.34. The zero-order chi connectivity index (χ0) is 14.5. The lowest BCUT2D eigenvalue weighted by molar-refractivity contribution is -0.135. The molecule has 2 unspecified atom stereocenters. The van der Waals surface area contributed by atoms with Gasteiger partial charge in [-0.25, -0.2) is 0 Å². The molecule has 2 atom stereocenters. The smallest absolute Gasteiger partial charge is 0.230 e. The number of benzene rings is 1. The standard InChI is InChI=1S/C17H26N2O.ClH/c1-3-13(2)16(14-7-5-4-6-8-14)17(20)19-11-9-15(18)10-12-19;/h4-8,13,15-16H,3,9-12,18H2,1-2H3;1H. The first-order chi connectivity index (χ1) is 9.63. The van der Waals surface area contributed by atoms with Gasteiger partial charge in [0.25, 0.3) is 0 Å². The van der Waals surface area contributed by atoms with Crippen molar-refractivity contribution in [2.24, 2.45) is 11.7 Å². The van der Waals surface area contributed by atoms with Crippen molar-refractivity contribution in [3.63, 3.8) is 0 Å². The minimum Gasteiger partial charge on any atom is -0.342 e. The van der Waals surface area contributed by atoms with Gasteiger partial charge < -0.3 is 10.6 Å². The van der Waals surface area contributed by atoms with Gasteiger partial charge >= 0.3 is 0 Å². The highest BCUT2D eigenvalue weighted by Crippen LogP contribution is 2.30. The second kappa shape index (κ2) is 8.40. The van der Waals surface area contributed by atoms with E-state index in [9.17, 15) is 4.79 Å². The Hall–Kier alpha value is -1.06. The fourth-order valence-electron chi connectivity index (χ4n) is 2.93. The van der Waals surface area contributed by atoms with Crippen LogP contribution in [0, 0.1) is 5.92 Å². The SMILES string of the molecule is CCC(C)C(C(=O)N1CCC(N)CC1)c1ccccc1.Cl. The third kappa shape index (κ3) is 4.45. The Bertz CT molecular complexity index is 430. The molecule has 4 heteroatoms. The van der Waals surface area contributed by atoms with Crippen molar-refractivity contribution in [1.82, 2.24) is 4.90 Å². The van der Waals surface area contributed by atoms with Crippen LogP contribution in [-0.4, -0.2) is 29.9 Å². The molecule has 0 spiro atoms. The lowest BCUT2D eigenvalue weighted by Crippen LogP contribution is -2.45. The third-order valence-corrected chi connectivity index (χ3v) is 4.49. The van der Waals surface area contributed by atoms with Gasteiger partial charge in [-0.2, -0.15) is 0 Å². The van der Waals surface area contributed by atoms with Crippen LogP contribution in [0.15, 0.2) is 30.3 Å². The Kier molecular flexibility index (Phi) is 7.20. The van der Waals surface area contributed by atoms with E-state index in [-0.39, 0.29) is 30.3 Å². The normalized spacial score (nSPS) is 18.7. The molecule has 0 bridgehead atoms. The summed E-state index contributed by atoms with van der Waals surface area (Å²) in [5, 5.41) is 0. The van der Waals surface area contributed by atoms with E-state index in [2.05, 4.69) is 26.0 Å². The van der Waals surface area contributed by atoms with Gasteiger partial charge in [-0.3, -0.25) is 4.79 Å². The molecular formula is C17H27ClN2O. The number of likely N-dealkylation sites (tertiary alicyclic amines) is 1. The first kappa shape index (κ1) is 18.0. The number of piperidine rings is 1. The van der Waals surface area contributed by atoms with Crippen LogP contribution in [0.3, 0.4) is 0 Å². The molecule has 2 rings (SSSR count). The van der Waals surface area contributed by atoms with Crippen LogP contribution in [0.2, 0.25) is 0 Å². The summed E-state index contributed by atoms with van der Waals surface area (Å²) in [6.45, 7) is 5.94. The van der Waals surface area contributed by atoms with Crippen LogP contribution in [0.4, 0.5) is 0 Å². The van der Waals surface area contributed by atoms with E-state index in [1.54, 1.807) is 0 Å². The summed E-state index contributed by atoms with van der Waals surface area (Å²) in [5.41, 5.74) is 7.07. The zero-order valence-corrected chi connectivity index (χ0v) is 13.8. The summed E-state index contributed by atoms with van der Waals surface area (Å²) in [7, 11) is 0. The highest BCUT2D eigenvalue weighted by molar-refractivity contribution is 5.85. The fraction of sp³-hybridized carbons (Fsp3) is 0.588. The van der Waals surface area contributed by atoms with E-state index in [1.807, 2.05) is 23.1 Å². The maximum absolute atomic E-state index is 12.9. The zero-order valence-electron chi connectivity index (χ0n) is 13.0. The monoisotopic (exact) mass is 310 g/mol. The molecule has 0 aromatic heterocycles. The number of hydrogen-bond acceptors (Lipinski definition) is 2. The number of halogens is 1. The van der Waals surface area contributed by atoms with Crippen molar-refractivity contribution in [1.29, 1.82) is 0 Å². The Labute approximate surface area is 134 Å². The van der Waals surface area contributed by atoms with Crippen LogP contribution >= 0.6 is 12.4 Å². The van der Waals surface area contributed by atoms with Gasteiger partial charge in [0, 0.05) is 19.1 Å². The Morgan fingerprint density at radius 1 is 1.29 bits per heavy atom. The van der Waals surface area contributed by atoms with Gasteiger partial charge in [0.15, 0.2) is 0 Å². The van der Waals surface area contributed by atoms with Gasteiger partial charge in [0.2, 0.25) is 5.91 Å². The summed E-state index contributed by atoms with van der Waals surface area (Å²) < 4.78 is 0. The van der Waals surface area contributed by atoms with E-state index in [4.69, 9.17) is 5.73 Å². The summed E-state index contributed by atoms with van der Waals surface area (Å²) in [6.07, 6.45) is 2.86. The number of carbonyl (C=O) groups is 1. The summed E-state index contributed by atoms with van der Waals surface area (Å²) >= 11 is 0. The number of amides is 1. The molecule has 1 aromatic rings. The van der Waals surface area contributed by atoms with Crippen molar-refractivity contribution < 1.29 is 4.79 Å². The number of nitrogens with two attached hydrogens (primary N) is 1. The first-order valence-corrected chi connectivity index (χ1v) is 7.72. The number of rotatable bonds is 4. The second-order valence-electron chi connectivity index (χ2n) is 5.94. The first-order valence-electron chi connectivity index (χ1n) is 7.72. The topological polar surface area (TPSA) is 46.3 Å². The van der Waals surface area contributed by atoms with Crippen molar-refractivity contribution in [2.75, 3.05) is 13.1 Å². The molecule has 1 aliphatic rings. The maximum Gasteiger partial charge on any atom is 0.230 e. The van der Waals surface area contributed by atoms with E-state index in [1.165, 1.54) is 0 Å². The van der Waals surface area contributed by atoms with Gasteiger partial charge in [-0.05, 0) is 24.3 Å². The molecule has 21 heavy (non-hydrogen) atoms. The molecular weight excluding hydrogens is 284 g/mol. The van der Waals surface area contributed by atoms with Crippen LogP contribution in [0.1, 0.15) is 44.6 Å². The van der Waals surface area contributed by atoms with Gasteiger partial charge in [0.1, 0.15) is 0 Å². The Morgan fingerprint density at radius 2 is 1.86 bits per heavy atom. The van der Waals surface area contributed by atoms with E-state index >= 15 is 0 Å². The molecule has 1 aromatic carbocycles. The summed E-state index contributed by atoms with van der Waals surface area (Å²) in [5.74, 6) is 0.619. The molecule has 0 aliphatic carbocycles. The highest BCUT2D eigenvalue weighted by atomic mass is 35.5. The van der Waals surface area contributed by atoms with E-state index < -0.39 is 0 Å². The molecule has 118 valence electrons. The van der Waals surface area contributed by atoms with E-state index in [0.717, 1.165) is 37.9 Å². The molecule has 1 aliphatic heterocycles. The Morgan fingerprint density at radius 3 is 2.38 bits per heavy atom. The molecule has 3 nitrogen and oxygen atoms in total. The van der Waals surface area contributed by atoms with Crippen LogP contribution in [0.5, 0.6) is 0 Å². The molecule has 1 heterocycles. The molecule has 1 saturated heterocycles. The number of hydrogen-bond donors (Lipinski definition) is 1. The average Bonchev–Trinajstić information content (AvgIpc) is 2.49. The quantitative estimate of drug-likeness (QED) is 0.928. The highest BCUT2D eigenvalue weighted by Gasteiger charge is 2.31. The predicted octanol–water partition coefficient (Wildman–Crippen LogP) is 3.19. The fourth-order valence-corrected chi connectivity index (χ4v) is 2.93. The average molecular weight is 311 g/mol. The van der Waals surface area contributed by atoms with Crippen LogP contribution < -0.4 is 5.73 Å². The maximum atomic E-state index is 12.9. The van der Waals surface area contributed by atoms with Crippen LogP contribution in [0.25, 0.3) is 0 Å². The molecule has 0 radical (unpaired) electrons. The number of carbonyl (C=O) groups excluding carboxylic acids is 1. The van der Waals surface area contributed by atoms with Crippen molar-refractivity contribution in [2.45, 2.75) is 45.1 Å². The van der Waals surface area contributed by atoms with Crippen LogP contribution in [-0.2, 0) is 4.79 Å². The van der Waals surface area contributed by atoms with Gasteiger partial charge in [-0.1, -0.05) is 50.6 Å². The lowest BCUT2D eigenvalue weighted by atomic mass is 9.84. The van der Waals surface area contributed by atoms with E-state index in [0.29, 0.717) is 5.92 Å². The van der Waals surface area contributed by atoms with Crippen molar-refractivity contribution >= 4 is 18.3 Å².